The molecule has 0 spiro atoms. The molecule has 0 atom stereocenters. The third-order valence-electron chi connectivity index (χ3n) is 4.25. The molecular weight excluding hydrogens is 360 g/mol. The number of benzene rings is 1. The molecule has 0 unspecified atom stereocenters. The van der Waals surface area contributed by atoms with Crippen LogP contribution in [0.3, 0.4) is 0 Å². The number of hydrogen-bond acceptors (Lipinski definition) is 5. The van der Waals surface area contributed by atoms with Gasteiger partial charge in [-0.15, -0.1) is 11.3 Å². The van der Waals surface area contributed by atoms with Crippen LogP contribution in [0.2, 0.25) is 0 Å². The second-order valence-electron chi connectivity index (χ2n) is 6.27. The Kier molecular flexibility index (Phi) is 7.91. The van der Waals surface area contributed by atoms with E-state index in [4.69, 9.17) is 14.5 Å². The van der Waals surface area contributed by atoms with Gasteiger partial charge in [-0.2, -0.15) is 0 Å². The Bertz CT molecular complexity index is 773. The van der Waals surface area contributed by atoms with Crippen molar-refractivity contribution in [2.45, 2.75) is 33.7 Å². The molecule has 2 rings (SSSR count). The molecule has 1 aromatic carbocycles. The van der Waals surface area contributed by atoms with Crippen molar-refractivity contribution in [2.75, 3.05) is 34.4 Å². The molecule has 0 fully saturated rings. The lowest BCUT2D eigenvalue weighted by Gasteiger charge is -2.22. The summed E-state index contributed by atoms with van der Waals surface area (Å²) < 4.78 is 10.7. The van der Waals surface area contributed by atoms with Crippen molar-refractivity contribution < 1.29 is 9.47 Å². The lowest BCUT2D eigenvalue weighted by Crippen LogP contribution is -2.39. The monoisotopic (exact) mass is 390 g/mol. The summed E-state index contributed by atoms with van der Waals surface area (Å²) >= 11 is 1.71. The quantitative estimate of drug-likeness (QED) is 0.553. The minimum absolute atomic E-state index is 0.653. The van der Waals surface area contributed by atoms with Gasteiger partial charge in [0.15, 0.2) is 17.5 Å². The molecule has 7 heteroatoms. The molecule has 0 radical (unpaired) electrons. The van der Waals surface area contributed by atoms with Crippen LogP contribution in [-0.2, 0) is 13.0 Å². The molecule has 0 saturated heterocycles. The predicted molar refractivity (Wildman–Crippen MR) is 112 cm³/mol. The highest BCUT2D eigenvalue weighted by molar-refractivity contribution is 7.11. The third-order valence-corrected chi connectivity index (χ3v) is 5.31. The number of methoxy groups -OCH3 is 2. The topological polar surface area (TPSA) is 59.0 Å². The van der Waals surface area contributed by atoms with Gasteiger partial charge in [0.1, 0.15) is 0 Å². The number of thiazole rings is 1. The summed E-state index contributed by atoms with van der Waals surface area (Å²) in [4.78, 5) is 12.6. The fourth-order valence-corrected chi connectivity index (χ4v) is 3.64. The Balaban J connectivity index is 2.03. The van der Waals surface area contributed by atoms with Gasteiger partial charge in [0, 0.05) is 25.0 Å². The maximum atomic E-state index is 5.39. The van der Waals surface area contributed by atoms with Crippen LogP contribution in [0.1, 0.15) is 28.1 Å². The van der Waals surface area contributed by atoms with Crippen LogP contribution in [0.5, 0.6) is 11.5 Å². The second-order valence-corrected chi connectivity index (χ2v) is 7.56. The van der Waals surface area contributed by atoms with Crippen molar-refractivity contribution in [3.63, 3.8) is 0 Å². The SMILES string of the molecule is CCNC(=NCc1sc(C)nc1C)N(C)CCc1ccc(OC)c(OC)c1. The number of ether oxygens (including phenoxy) is 2. The van der Waals surface area contributed by atoms with E-state index in [9.17, 15) is 0 Å². The van der Waals surface area contributed by atoms with Gasteiger partial charge >= 0.3 is 0 Å². The number of aromatic nitrogens is 1. The van der Waals surface area contributed by atoms with Crippen molar-refractivity contribution in [3.05, 3.63) is 39.3 Å². The molecular formula is C20H30N4O2S. The number of nitrogens with one attached hydrogen (secondary N) is 1. The van der Waals surface area contributed by atoms with Gasteiger partial charge in [0.25, 0.3) is 0 Å². The molecule has 6 nitrogen and oxygen atoms in total. The van der Waals surface area contributed by atoms with E-state index in [1.165, 1.54) is 10.4 Å². The number of rotatable bonds is 8. The Hall–Kier alpha value is -2.28. The lowest BCUT2D eigenvalue weighted by molar-refractivity contribution is 0.354. The molecule has 0 saturated carbocycles. The highest BCUT2D eigenvalue weighted by Crippen LogP contribution is 2.27. The van der Waals surface area contributed by atoms with Gasteiger partial charge in [-0.05, 0) is 44.9 Å². The van der Waals surface area contributed by atoms with E-state index < -0.39 is 0 Å². The van der Waals surface area contributed by atoms with Crippen molar-refractivity contribution in [2.24, 2.45) is 4.99 Å². The first-order valence-corrected chi connectivity index (χ1v) is 9.93. The average Bonchev–Trinajstić information content (AvgIpc) is 2.99. The molecule has 0 aliphatic carbocycles. The van der Waals surface area contributed by atoms with Crippen LogP contribution < -0.4 is 14.8 Å². The Morgan fingerprint density at radius 1 is 1.22 bits per heavy atom. The number of likely N-dealkylation sites (N-methyl/N-ethyl adjacent to an activating group) is 1. The van der Waals surface area contributed by atoms with Gasteiger partial charge in [-0.25, -0.2) is 9.98 Å². The normalized spacial score (nSPS) is 11.4. The van der Waals surface area contributed by atoms with Gasteiger partial charge in [-0.3, -0.25) is 0 Å². The number of aryl methyl sites for hydroxylation is 2. The van der Waals surface area contributed by atoms with E-state index in [1.807, 2.05) is 26.0 Å². The molecule has 0 aliphatic heterocycles. The summed E-state index contributed by atoms with van der Waals surface area (Å²) in [5.74, 6) is 2.41. The van der Waals surface area contributed by atoms with Gasteiger partial charge in [0.05, 0.1) is 31.5 Å². The van der Waals surface area contributed by atoms with Crippen LogP contribution in [-0.4, -0.2) is 50.2 Å². The first-order valence-electron chi connectivity index (χ1n) is 9.11. The van der Waals surface area contributed by atoms with Gasteiger partial charge < -0.3 is 19.7 Å². The smallest absolute Gasteiger partial charge is 0.194 e. The number of guanidine groups is 1. The van der Waals surface area contributed by atoms with E-state index in [2.05, 4.69) is 35.2 Å². The van der Waals surface area contributed by atoms with Gasteiger partial charge in [-0.1, -0.05) is 6.07 Å². The van der Waals surface area contributed by atoms with Crippen LogP contribution in [0.4, 0.5) is 0 Å². The average molecular weight is 391 g/mol. The minimum atomic E-state index is 0.653. The molecule has 1 N–H and O–H groups in total. The number of aliphatic imine (C=N–C) groups is 1. The standard InChI is InChI=1S/C20H30N4O2S/c1-7-21-20(22-13-19-14(2)23-15(3)27-19)24(4)11-10-16-8-9-17(25-5)18(12-16)26-6/h8-9,12H,7,10-11,13H2,1-6H3,(H,21,22). The minimum Gasteiger partial charge on any atom is -0.493 e. The van der Waals surface area contributed by atoms with Crippen LogP contribution in [0.15, 0.2) is 23.2 Å². The zero-order valence-electron chi connectivity index (χ0n) is 17.1. The van der Waals surface area contributed by atoms with Crippen molar-refractivity contribution in [1.29, 1.82) is 0 Å². The maximum absolute atomic E-state index is 5.39. The van der Waals surface area contributed by atoms with Crippen molar-refractivity contribution in [3.8, 4) is 11.5 Å². The summed E-state index contributed by atoms with van der Waals surface area (Å²) in [5, 5.41) is 4.46. The largest absolute Gasteiger partial charge is 0.493 e. The number of hydrogen-bond donors (Lipinski definition) is 1. The van der Waals surface area contributed by atoms with E-state index >= 15 is 0 Å². The Morgan fingerprint density at radius 2 is 1.96 bits per heavy atom. The molecule has 27 heavy (non-hydrogen) atoms. The molecule has 2 aromatic rings. The highest BCUT2D eigenvalue weighted by atomic mass is 32.1. The summed E-state index contributed by atoms with van der Waals surface area (Å²) in [6.07, 6.45) is 0.889. The molecule has 0 bridgehead atoms. The first kappa shape index (κ1) is 21.0. The summed E-state index contributed by atoms with van der Waals surface area (Å²) in [5.41, 5.74) is 2.27. The fraction of sp³-hybridized carbons (Fsp3) is 0.500. The van der Waals surface area contributed by atoms with Crippen LogP contribution in [0.25, 0.3) is 0 Å². The van der Waals surface area contributed by atoms with Gasteiger partial charge in [0.2, 0.25) is 0 Å². The highest BCUT2D eigenvalue weighted by Gasteiger charge is 2.10. The van der Waals surface area contributed by atoms with Crippen LogP contribution >= 0.6 is 11.3 Å². The Labute approximate surface area is 166 Å². The summed E-state index contributed by atoms with van der Waals surface area (Å²) in [7, 11) is 5.37. The van der Waals surface area contributed by atoms with Crippen molar-refractivity contribution in [1.82, 2.24) is 15.2 Å². The maximum Gasteiger partial charge on any atom is 0.194 e. The first-order chi connectivity index (χ1) is 13.0. The molecule has 0 aliphatic rings. The predicted octanol–water partition coefficient (Wildman–Crippen LogP) is 3.42. The van der Waals surface area contributed by atoms with Crippen LogP contribution in [0, 0.1) is 13.8 Å². The summed E-state index contributed by atoms with van der Waals surface area (Å²) in [6.45, 7) is 8.50. The van der Waals surface area contributed by atoms with E-state index in [0.29, 0.717) is 6.54 Å². The zero-order chi connectivity index (χ0) is 19.8. The zero-order valence-corrected chi connectivity index (χ0v) is 17.9. The molecule has 0 amide bonds. The lowest BCUT2D eigenvalue weighted by atomic mass is 10.1. The summed E-state index contributed by atoms with van der Waals surface area (Å²) in [6, 6.07) is 6.05. The molecule has 1 heterocycles. The third kappa shape index (κ3) is 5.85. The van der Waals surface area contributed by atoms with E-state index in [-0.39, 0.29) is 0 Å². The fourth-order valence-electron chi connectivity index (χ4n) is 2.78. The molecule has 1 aromatic heterocycles. The van der Waals surface area contributed by atoms with E-state index in [1.54, 1.807) is 25.6 Å². The number of nitrogens with zero attached hydrogens (tertiary/aromatic N) is 3. The molecule has 148 valence electrons. The van der Waals surface area contributed by atoms with E-state index in [0.717, 1.165) is 47.7 Å². The van der Waals surface area contributed by atoms with Crippen molar-refractivity contribution >= 4 is 17.3 Å². The second kappa shape index (κ2) is 10.2. The Morgan fingerprint density at radius 3 is 2.56 bits per heavy atom.